The van der Waals surface area contributed by atoms with Crippen LogP contribution in [0.4, 0.5) is 5.13 Å². The van der Waals surface area contributed by atoms with Crippen molar-refractivity contribution in [3.05, 3.63) is 65.0 Å². The molecule has 2 N–H and O–H groups in total. The Balaban J connectivity index is 1.56. The number of carbonyl (C=O) groups is 2. The molecule has 30 heavy (non-hydrogen) atoms. The van der Waals surface area contributed by atoms with E-state index in [1.807, 2.05) is 53.9 Å². The molecule has 0 fully saturated rings. The summed E-state index contributed by atoms with van der Waals surface area (Å²) in [6.45, 7) is 6.09. The van der Waals surface area contributed by atoms with Crippen LogP contribution in [-0.2, 0) is 16.1 Å². The molecule has 0 aliphatic heterocycles. The molecular weight excluding hydrogens is 398 g/mol. The van der Waals surface area contributed by atoms with Crippen LogP contribution in [0.5, 0.6) is 5.75 Å². The zero-order chi connectivity index (χ0) is 21.5. The minimum absolute atomic E-state index is 0.0596. The summed E-state index contributed by atoms with van der Waals surface area (Å²) in [5.74, 6) is 0.730. The third-order valence-corrected chi connectivity index (χ3v) is 5.20. The molecule has 0 atom stereocenters. The highest BCUT2D eigenvalue weighted by Crippen LogP contribution is 2.27. The molecule has 156 valence electrons. The van der Waals surface area contributed by atoms with E-state index in [0.29, 0.717) is 17.6 Å². The molecule has 0 spiro atoms. The van der Waals surface area contributed by atoms with Gasteiger partial charge in [-0.25, -0.2) is 4.98 Å². The maximum atomic E-state index is 12.3. The predicted molar refractivity (Wildman–Crippen MR) is 120 cm³/mol. The monoisotopic (exact) mass is 423 g/mol. The zero-order valence-corrected chi connectivity index (χ0v) is 18.1. The van der Waals surface area contributed by atoms with Crippen molar-refractivity contribution in [3.8, 4) is 17.0 Å². The summed E-state index contributed by atoms with van der Waals surface area (Å²) in [6, 6.07) is 15.5. The van der Waals surface area contributed by atoms with E-state index >= 15 is 0 Å². The van der Waals surface area contributed by atoms with E-state index in [0.717, 1.165) is 28.1 Å². The van der Waals surface area contributed by atoms with Crippen LogP contribution in [0.1, 0.15) is 37.8 Å². The van der Waals surface area contributed by atoms with Crippen molar-refractivity contribution in [2.75, 3.05) is 11.9 Å². The van der Waals surface area contributed by atoms with Crippen LogP contribution in [-0.4, -0.2) is 23.4 Å². The Hall–Kier alpha value is -3.19. The predicted octanol–water partition coefficient (Wildman–Crippen LogP) is 4.59. The molecular formula is C23H25N3O3S. The molecule has 1 heterocycles. The molecule has 6 nitrogen and oxygen atoms in total. The largest absolute Gasteiger partial charge is 0.483 e. The maximum Gasteiger partial charge on any atom is 0.264 e. The second kappa shape index (κ2) is 10.0. The van der Waals surface area contributed by atoms with Crippen molar-refractivity contribution in [1.29, 1.82) is 0 Å². The summed E-state index contributed by atoms with van der Waals surface area (Å²) in [7, 11) is 0. The van der Waals surface area contributed by atoms with Crippen LogP contribution < -0.4 is 15.4 Å². The Morgan fingerprint density at radius 3 is 2.53 bits per heavy atom. The Morgan fingerprint density at radius 2 is 1.83 bits per heavy atom. The molecule has 3 aromatic rings. The molecule has 0 aliphatic carbocycles. The number of carbonyl (C=O) groups excluding carboxylic acids is 2. The number of nitrogens with zero attached hydrogens (tertiary/aromatic N) is 1. The van der Waals surface area contributed by atoms with Crippen LogP contribution in [0.25, 0.3) is 11.3 Å². The zero-order valence-electron chi connectivity index (χ0n) is 17.3. The average molecular weight is 424 g/mol. The minimum atomic E-state index is -0.250. The van der Waals surface area contributed by atoms with E-state index in [2.05, 4.69) is 29.5 Å². The molecule has 2 aromatic carbocycles. The topological polar surface area (TPSA) is 80.3 Å². The van der Waals surface area contributed by atoms with Crippen LogP contribution in [0, 0.1) is 0 Å². The van der Waals surface area contributed by atoms with Crippen molar-refractivity contribution < 1.29 is 14.3 Å². The number of aromatic nitrogens is 1. The van der Waals surface area contributed by atoms with E-state index in [4.69, 9.17) is 4.74 Å². The van der Waals surface area contributed by atoms with Gasteiger partial charge in [0.15, 0.2) is 11.7 Å². The van der Waals surface area contributed by atoms with Crippen LogP contribution in [0.15, 0.2) is 53.9 Å². The fraction of sp³-hybridized carbons (Fsp3) is 0.261. The fourth-order valence-corrected chi connectivity index (χ4v) is 3.61. The van der Waals surface area contributed by atoms with E-state index in [9.17, 15) is 9.59 Å². The van der Waals surface area contributed by atoms with Gasteiger partial charge < -0.3 is 10.1 Å². The average Bonchev–Trinajstić information content (AvgIpc) is 3.19. The molecule has 0 bridgehead atoms. The Labute approximate surface area is 180 Å². The third-order valence-electron chi connectivity index (χ3n) is 4.44. The van der Waals surface area contributed by atoms with Gasteiger partial charge in [-0.2, -0.15) is 0 Å². The summed E-state index contributed by atoms with van der Waals surface area (Å²) < 4.78 is 5.71. The van der Waals surface area contributed by atoms with Gasteiger partial charge in [0, 0.05) is 24.4 Å². The van der Waals surface area contributed by atoms with Crippen molar-refractivity contribution in [2.45, 2.75) is 33.2 Å². The smallest absolute Gasteiger partial charge is 0.264 e. The first-order valence-electron chi connectivity index (χ1n) is 9.73. The van der Waals surface area contributed by atoms with E-state index < -0.39 is 0 Å². The van der Waals surface area contributed by atoms with E-state index in [1.54, 1.807) is 0 Å². The molecule has 7 heteroatoms. The highest BCUT2D eigenvalue weighted by atomic mass is 32.1. The first-order valence-corrected chi connectivity index (χ1v) is 10.6. The van der Waals surface area contributed by atoms with E-state index in [1.165, 1.54) is 18.3 Å². The number of rotatable bonds is 8. The molecule has 3 rings (SSSR count). The van der Waals surface area contributed by atoms with Gasteiger partial charge in [0.1, 0.15) is 5.75 Å². The van der Waals surface area contributed by atoms with Gasteiger partial charge in [0.25, 0.3) is 5.91 Å². The van der Waals surface area contributed by atoms with Crippen LogP contribution >= 0.6 is 11.3 Å². The third kappa shape index (κ3) is 5.90. The van der Waals surface area contributed by atoms with Gasteiger partial charge in [-0.3, -0.25) is 14.9 Å². The van der Waals surface area contributed by atoms with Crippen molar-refractivity contribution in [3.63, 3.8) is 0 Å². The molecule has 1 aromatic heterocycles. The highest BCUT2D eigenvalue weighted by Gasteiger charge is 2.11. The second-order valence-electron chi connectivity index (χ2n) is 7.17. The van der Waals surface area contributed by atoms with Crippen LogP contribution in [0.3, 0.4) is 0 Å². The molecule has 2 amide bonds. The SMILES string of the molecule is CC(=O)NCc1ccc(-c2csc(NC(=O)COc3ccccc3C(C)C)n2)cc1. The number of nitrogens with one attached hydrogen (secondary N) is 2. The number of hydrogen-bond donors (Lipinski definition) is 2. The molecule has 0 aliphatic rings. The lowest BCUT2D eigenvalue weighted by molar-refractivity contribution is -0.119. The van der Waals surface area contributed by atoms with Gasteiger partial charge in [-0.05, 0) is 23.1 Å². The van der Waals surface area contributed by atoms with Gasteiger partial charge >= 0.3 is 0 Å². The molecule has 0 saturated heterocycles. The summed E-state index contributed by atoms with van der Waals surface area (Å²) >= 11 is 1.37. The summed E-state index contributed by atoms with van der Waals surface area (Å²) in [4.78, 5) is 27.8. The summed E-state index contributed by atoms with van der Waals surface area (Å²) in [6.07, 6.45) is 0. The number of para-hydroxylation sites is 1. The molecule has 0 radical (unpaired) electrons. The molecule has 0 saturated carbocycles. The number of hydrogen-bond acceptors (Lipinski definition) is 5. The minimum Gasteiger partial charge on any atom is -0.483 e. The fourth-order valence-electron chi connectivity index (χ4n) is 2.87. The first-order chi connectivity index (χ1) is 14.4. The maximum absolute atomic E-state index is 12.3. The quantitative estimate of drug-likeness (QED) is 0.555. The Morgan fingerprint density at radius 1 is 1.10 bits per heavy atom. The normalized spacial score (nSPS) is 10.7. The summed E-state index contributed by atoms with van der Waals surface area (Å²) in [5.41, 5.74) is 3.81. The second-order valence-corrected chi connectivity index (χ2v) is 8.03. The standard InChI is InChI=1S/C23H25N3O3S/c1-15(2)19-6-4-5-7-21(19)29-13-22(28)26-23-25-20(14-30-23)18-10-8-17(9-11-18)12-24-16(3)27/h4-11,14-15H,12-13H2,1-3H3,(H,24,27)(H,25,26,28). The molecule has 0 unspecified atom stereocenters. The number of benzene rings is 2. The van der Waals surface area contributed by atoms with Crippen molar-refractivity contribution in [1.82, 2.24) is 10.3 Å². The van der Waals surface area contributed by atoms with Gasteiger partial charge in [0.05, 0.1) is 5.69 Å². The van der Waals surface area contributed by atoms with Gasteiger partial charge in [0.2, 0.25) is 5.91 Å². The number of amides is 2. The van der Waals surface area contributed by atoms with Crippen molar-refractivity contribution >= 4 is 28.3 Å². The first kappa shape index (κ1) is 21.5. The van der Waals surface area contributed by atoms with E-state index in [-0.39, 0.29) is 18.4 Å². The summed E-state index contributed by atoms with van der Waals surface area (Å²) in [5, 5.41) is 7.98. The number of ether oxygens (including phenoxy) is 1. The van der Waals surface area contributed by atoms with Crippen LogP contribution in [0.2, 0.25) is 0 Å². The Kier molecular flexibility index (Phi) is 7.19. The lowest BCUT2D eigenvalue weighted by atomic mass is 10.0. The van der Waals surface area contributed by atoms with Crippen molar-refractivity contribution in [2.24, 2.45) is 0 Å². The number of anilines is 1. The number of thiazole rings is 1. The lowest BCUT2D eigenvalue weighted by Gasteiger charge is -2.13. The lowest BCUT2D eigenvalue weighted by Crippen LogP contribution is -2.20. The van der Waals surface area contributed by atoms with Gasteiger partial charge in [-0.1, -0.05) is 56.3 Å². The Bertz CT molecular complexity index is 1010. The van der Waals surface area contributed by atoms with Gasteiger partial charge in [-0.15, -0.1) is 11.3 Å². The highest BCUT2D eigenvalue weighted by molar-refractivity contribution is 7.14.